The molecule has 0 spiro atoms. The van der Waals surface area contributed by atoms with Crippen molar-refractivity contribution in [2.24, 2.45) is 11.1 Å². The summed E-state index contributed by atoms with van der Waals surface area (Å²) in [6.45, 7) is 7.71. The lowest BCUT2D eigenvalue weighted by atomic mass is 10.1. The van der Waals surface area contributed by atoms with Crippen molar-refractivity contribution < 1.29 is 9.57 Å². The van der Waals surface area contributed by atoms with E-state index in [4.69, 9.17) is 9.57 Å². The van der Waals surface area contributed by atoms with Crippen LogP contribution < -0.4 is 0 Å². The average molecular weight is 259 g/mol. The molecule has 0 saturated heterocycles. The van der Waals surface area contributed by atoms with Crippen molar-refractivity contribution in [3.63, 3.8) is 0 Å². The molecule has 1 aliphatic heterocycles. The molecule has 0 amide bonds. The molecule has 1 fully saturated rings. The van der Waals surface area contributed by atoms with Gasteiger partial charge in [0.15, 0.2) is 0 Å². The van der Waals surface area contributed by atoms with Gasteiger partial charge in [0.05, 0.1) is 17.8 Å². The van der Waals surface area contributed by atoms with Gasteiger partial charge >= 0.3 is 0 Å². The SMILES string of the molecule is CC(C)(C)S(C)(C)COC1CC2=NOCC2C1. The quantitative estimate of drug-likeness (QED) is 0.780. The second-order valence-electron chi connectivity index (χ2n) is 6.57. The summed E-state index contributed by atoms with van der Waals surface area (Å²) >= 11 is 0. The Kier molecular flexibility index (Phi) is 3.47. The third kappa shape index (κ3) is 2.79. The highest BCUT2D eigenvalue weighted by Crippen LogP contribution is 2.53. The third-order valence-corrected chi connectivity index (χ3v) is 8.21. The zero-order valence-corrected chi connectivity index (χ0v) is 12.5. The Morgan fingerprint density at radius 3 is 2.71 bits per heavy atom. The topological polar surface area (TPSA) is 30.8 Å². The number of oxime groups is 1. The Hall–Kier alpha value is -0.220. The van der Waals surface area contributed by atoms with Crippen molar-refractivity contribution in [2.75, 3.05) is 25.1 Å². The fourth-order valence-electron chi connectivity index (χ4n) is 1.99. The minimum Gasteiger partial charge on any atom is -0.395 e. The molecule has 1 heterocycles. The minimum absolute atomic E-state index is 0.349. The number of rotatable bonds is 3. The predicted molar refractivity (Wildman–Crippen MR) is 75.0 cm³/mol. The van der Waals surface area contributed by atoms with Crippen LogP contribution in [0.2, 0.25) is 0 Å². The largest absolute Gasteiger partial charge is 0.395 e. The summed E-state index contributed by atoms with van der Waals surface area (Å²) in [6, 6.07) is 0. The molecule has 17 heavy (non-hydrogen) atoms. The predicted octanol–water partition coefficient (Wildman–Crippen LogP) is 2.99. The van der Waals surface area contributed by atoms with Gasteiger partial charge in [0, 0.05) is 12.3 Å². The average Bonchev–Trinajstić information content (AvgIpc) is 2.71. The highest BCUT2D eigenvalue weighted by molar-refractivity contribution is 8.33. The molecule has 2 unspecified atom stereocenters. The van der Waals surface area contributed by atoms with Gasteiger partial charge in [0.1, 0.15) is 6.61 Å². The van der Waals surface area contributed by atoms with Gasteiger partial charge in [0.2, 0.25) is 0 Å². The van der Waals surface area contributed by atoms with E-state index >= 15 is 0 Å². The zero-order chi connectivity index (χ0) is 12.7. The Morgan fingerprint density at radius 1 is 1.41 bits per heavy atom. The summed E-state index contributed by atoms with van der Waals surface area (Å²) in [5.41, 5.74) is 1.22. The molecule has 3 nitrogen and oxygen atoms in total. The maximum atomic E-state index is 6.13. The Morgan fingerprint density at radius 2 is 2.12 bits per heavy atom. The van der Waals surface area contributed by atoms with Gasteiger partial charge < -0.3 is 9.57 Å². The lowest BCUT2D eigenvalue weighted by Crippen LogP contribution is -2.28. The van der Waals surface area contributed by atoms with E-state index in [2.05, 4.69) is 38.4 Å². The highest BCUT2D eigenvalue weighted by atomic mass is 32.3. The maximum Gasteiger partial charge on any atom is 0.125 e. The molecule has 2 rings (SSSR count). The molecule has 0 aromatic carbocycles. The van der Waals surface area contributed by atoms with Gasteiger partial charge in [-0.05, 0) is 23.7 Å². The number of ether oxygens (including phenoxy) is 1. The molecule has 0 bridgehead atoms. The summed E-state index contributed by atoms with van der Waals surface area (Å²) in [5, 5.41) is 4.08. The van der Waals surface area contributed by atoms with E-state index in [9.17, 15) is 0 Å². The van der Waals surface area contributed by atoms with Crippen molar-refractivity contribution in [1.29, 1.82) is 0 Å². The molecule has 0 aromatic heterocycles. The van der Waals surface area contributed by atoms with Crippen molar-refractivity contribution in [3.8, 4) is 0 Å². The molecular formula is C13H25NO2S. The van der Waals surface area contributed by atoms with Crippen molar-refractivity contribution in [1.82, 2.24) is 0 Å². The molecule has 1 saturated carbocycles. The first-order valence-electron chi connectivity index (χ1n) is 6.30. The molecule has 1 aliphatic carbocycles. The monoisotopic (exact) mass is 259 g/mol. The summed E-state index contributed by atoms with van der Waals surface area (Å²) in [6.07, 6.45) is 7.17. The normalized spacial score (nSPS) is 29.8. The molecule has 0 radical (unpaired) electrons. The second kappa shape index (κ2) is 4.47. The second-order valence-corrected chi connectivity index (χ2v) is 11.1. The van der Waals surface area contributed by atoms with Crippen LogP contribution in [0.1, 0.15) is 33.6 Å². The van der Waals surface area contributed by atoms with E-state index in [0.717, 1.165) is 25.4 Å². The molecule has 100 valence electrons. The van der Waals surface area contributed by atoms with E-state index in [1.807, 2.05) is 0 Å². The molecular weight excluding hydrogens is 234 g/mol. The lowest BCUT2D eigenvalue weighted by Gasteiger charge is -2.44. The number of hydrogen-bond donors (Lipinski definition) is 0. The van der Waals surface area contributed by atoms with Crippen molar-refractivity contribution in [3.05, 3.63) is 0 Å². The van der Waals surface area contributed by atoms with Crippen LogP contribution in [0.5, 0.6) is 0 Å². The van der Waals surface area contributed by atoms with Gasteiger partial charge in [-0.15, -0.1) is 0 Å². The van der Waals surface area contributed by atoms with Crippen LogP contribution in [0.3, 0.4) is 0 Å². The highest BCUT2D eigenvalue weighted by Gasteiger charge is 2.37. The Balaban J connectivity index is 1.84. The first-order chi connectivity index (χ1) is 7.79. The minimum atomic E-state index is -0.702. The van der Waals surface area contributed by atoms with Gasteiger partial charge in [-0.1, -0.05) is 25.9 Å². The van der Waals surface area contributed by atoms with Gasteiger partial charge in [0.25, 0.3) is 0 Å². The summed E-state index contributed by atoms with van der Waals surface area (Å²) in [4.78, 5) is 5.10. The van der Waals surface area contributed by atoms with Crippen LogP contribution in [0.25, 0.3) is 0 Å². The summed E-state index contributed by atoms with van der Waals surface area (Å²) < 4.78 is 6.48. The number of nitrogens with zero attached hydrogens (tertiary/aromatic N) is 1. The maximum absolute atomic E-state index is 6.13. The van der Waals surface area contributed by atoms with Crippen LogP contribution in [0, 0.1) is 5.92 Å². The summed E-state index contributed by atoms with van der Waals surface area (Å²) in [5.74, 6) is 1.44. The fraction of sp³-hybridized carbons (Fsp3) is 0.923. The third-order valence-electron chi connectivity index (χ3n) is 4.17. The van der Waals surface area contributed by atoms with E-state index in [1.165, 1.54) is 5.71 Å². The van der Waals surface area contributed by atoms with Gasteiger partial charge in [-0.3, -0.25) is 0 Å². The smallest absolute Gasteiger partial charge is 0.125 e. The van der Waals surface area contributed by atoms with Crippen LogP contribution in [0.15, 0.2) is 5.16 Å². The van der Waals surface area contributed by atoms with Crippen LogP contribution in [-0.2, 0) is 9.57 Å². The van der Waals surface area contributed by atoms with Crippen LogP contribution in [-0.4, -0.2) is 41.6 Å². The molecule has 2 aliphatic rings. The standard InChI is InChI=1S/C13H25NO2S/c1-13(2,3)17(4,5)9-15-11-6-10-8-16-14-12(10)7-11/h10-11H,6-9H2,1-5H3. The zero-order valence-electron chi connectivity index (χ0n) is 11.7. The Bertz CT molecular complexity index is 320. The van der Waals surface area contributed by atoms with E-state index in [-0.39, 0.29) is 0 Å². The van der Waals surface area contributed by atoms with E-state index in [0.29, 0.717) is 16.8 Å². The first-order valence-corrected chi connectivity index (χ1v) is 8.92. The first kappa shape index (κ1) is 13.2. The van der Waals surface area contributed by atoms with E-state index in [1.54, 1.807) is 0 Å². The Labute approximate surface area is 106 Å². The molecule has 0 N–H and O–H groups in total. The summed E-state index contributed by atoms with van der Waals surface area (Å²) in [7, 11) is -0.702. The molecule has 4 heteroatoms. The van der Waals surface area contributed by atoms with Crippen LogP contribution >= 0.6 is 10.0 Å². The van der Waals surface area contributed by atoms with Gasteiger partial charge in [-0.25, -0.2) is 10.0 Å². The van der Waals surface area contributed by atoms with Crippen molar-refractivity contribution in [2.45, 2.75) is 44.5 Å². The lowest BCUT2D eigenvalue weighted by molar-refractivity contribution is 0.0761. The van der Waals surface area contributed by atoms with Crippen LogP contribution in [0.4, 0.5) is 0 Å². The molecule has 0 aromatic rings. The number of fused-ring (bicyclic) bond motifs is 1. The molecule has 2 atom stereocenters. The number of hydrogen-bond acceptors (Lipinski definition) is 3. The fourth-order valence-corrected chi connectivity index (χ4v) is 2.88. The van der Waals surface area contributed by atoms with E-state index < -0.39 is 10.0 Å². The van der Waals surface area contributed by atoms with Gasteiger partial charge in [-0.2, -0.15) is 0 Å². The van der Waals surface area contributed by atoms with Crippen molar-refractivity contribution >= 4 is 15.7 Å².